The second-order valence-electron chi connectivity index (χ2n) is 9.30. The first-order valence-corrected chi connectivity index (χ1v) is 14.4. The highest BCUT2D eigenvalue weighted by molar-refractivity contribution is 9.10. The highest BCUT2D eigenvalue weighted by Crippen LogP contribution is 2.27. The van der Waals surface area contributed by atoms with Gasteiger partial charge in [0, 0.05) is 21.5 Å². The third kappa shape index (κ3) is 7.36. The smallest absolute Gasteiger partial charge is 0.307 e. The van der Waals surface area contributed by atoms with Crippen LogP contribution >= 0.6 is 31.9 Å². The van der Waals surface area contributed by atoms with Crippen LogP contribution in [0.1, 0.15) is 38.8 Å². The lowest BCUT2D eigenvalue weighted by molar-refractivity contribution is 0.0923. The molecule has 0 aliphatic carbocycles. The number of ether oxygens (including phenoxy) is 2. The molecule has 9 heteroatoms. The van der Waals surface area contributed by atoms with E-state index >= 15 is 0 Å². The van der Waals surface area contributed by atoms with Gasteiger partial charge in [0.05, 0.1) is 10.7 Å². The lowest BCUT2D eigenvalue weighted by Crippen LogP contribution is -2.16. The molecule has 0 radical (unpaired) electrons. The van der Waals surface area contributed by atoms with Crippen molar-refractivity contribution in [3.05, 3.63) is 134 Å². The van der Waals surface area contributed by atoms with Gasteiger partial charge in [0.25, 0.3) is 0 Å². The monoisotopic (exact) mass is 675 g/mol. The lowest BCUT2D eigenvalue weighted by atomic mass is 10.2. The number of nitrogens with zero attached hydrogens (tertiary/aromatic N) is 2. The Hall–Kier alpha value is -4.08. The molecule has 0 bridgehead atoms. The van der Waals surface area contributed by atoms with E-state index in [0.29, 0.717) is 23.9 Å². The van der Waals surface area contributed by atoms with Crippen LogP contribution in [0.4, 0.5) is 0 Å². The fourth-order valence-electron chi connectivity index (χ4n) is 4.18. The van der Waals surface area contributed by atoms with Crippen LogP contribution in [0.5, 0.6) is 11.5 Å². The van der Waals surface area contributed by atoms with E-state index in [1.807, 2.05) is 66.7 Å². The zero-order valence-electron chi connectivity index (χ0n) is 22.4. The number of hydrogen-bond acceptors (Lipinski definition) is 5. The molecule has 0 aliphatic rings. The molecule has 2 aromatic heterocycles. The molecular weight excluding hydrogens is 650 g/mol. The molecule has 41 heavy (non-hydrogen) atoms. The van der Waals surface area contributed by atoms with Crippen molar-refractivity contribution < 1.29 is 18.7 Å². The summed E-state index contributed by atoms with van der Waals surface area (Å²) in [7, 11) is 0. The van der Waals surface area contributed by atoms with Gasteiger partial charge in [-0.2, -0.15) is 5.10 Å². The number of hydrogen-bond donors (Lipinski definition) is 1. The molecule has 5 rings (SSSR count). The molecule has 3 aromatic carbocycles. The van der Waals surface area contributed by atoms with E-state index in [9.17, 15) is 4.79 Å². The van der Waals surface area contributed by atoms with Crippen LogP contribution in [0.15, 0.2) is 109 Å². The largest absolute Gasteiger partial charge is 0.488 e. The van der Waals surface area contributed by atoms with Gasteiger partial charge in [-0.1, -0.05) is 28.1 Å². The van der Waals surface area contributed by atoms with E-state index in [2.05, 4.69) is 72.9 Å². The fourth-order valence-corrected chi connectivity index (χ4v) is 4.95. The number of carbonyl (C=O) groups excluding carboxylic acids is 1. The van der Waals surface area contributed by atoms with Crippen LogP contribution in [0, 0.1) is 13.8 Å². The molecule has 0 fully saturated rings. The molecule has 0 atom stereocenters. The quantitative estimate of drug-likeness (QED) is 0.120. The van der Waals surface area contributed by atoms with Gasteiger partial charge in [-0.15, -0.1) is 0 Å². The van der Waals surface area contributed by atoms with Gasteiger partial charge in [0.2, 0.25) is 0 Å². The second kappa shape index (κ2) is 13.1. The molecule has 0 aliphatic heterocycles. The second-order valence-corrected chi connectivity index (χ2v) is 11.1. The molecular formula is C32H27Br2N3O4. The SMILES string of the molecule is Cc1ccc(C)n1-c1ccc(OCc2ccc(C(=O)N/N=C/c3ccc(OCc4ccc(Br)cc4)c(Br)c3)o2)cc1. The van der Waals surface area contributed by atoms with Gasteiger partial charge in [0.1, 0.15) is 30.5 Å². The Bertz CT molecular complexity index is 1650. The number of nitrogens with one attached hydrogen (secondary N) is 1. The predicted octanol–water partition coefficient (Wildman–Crippen LogP) is 8.13. The van der Waals surface area contributed by atoms with Crippen molar-refractivity contribution in [2.75, 3.05) is 0 Å². The van der Waals surface area contributed by atoms with Gasteiger partial charge in [0.15, 0.2) is 5.76 Å². The van der Waals surface area contributed by atoms with Crippen molar-refractivity contribution in [2.24, 2.45) is 5.10 Å². The van der Waals surface area contributed by atoms with E-state index in [1.165, 1.54) is 11.4 Å². The van der Waals surface area contributed by atoms with Crippen molar-refractivity contribution >= 4 is 44.0 Å². The predicted molar refractivity (Wildman–Crippen MR) is 166 cm³/mol. The van der Waals surface area contributed by atoms with E-state index in [4.69, 9.17) is 13.9 Å². The third-order valence-corrected chi connectivity index (χ3v) is 7.42. The van der Waals surface area contributed by atoms with Crippen molar-refractivity contribution in [1.82, 2.24) is 9.99 Å². The average molecular weight is 677 g/mol. The number of carbonyl (C=O) groups is 1. The van der Waals surface area contributed by atoms with Gasteiger partial charge in [-0.05, 0) is 120 Å². The maximum atomic E-state index is 12.5. The molecule has 1 amide bonds. The van der Waals surface area contributed by atoms with Gasteiger partial charge in [-0.3, -0.25) is 4.79 Å². The minimum absolute atomic E-state index is 0.146. The first-order chi connectivity index (χ1) is 19.9. The Balaban J connectivity index is 1.10. The van der Waals surface area contributed by atoms with Crippen LogP contribution in [0.3, 0.4) is 0 Å². The topological polar surface area (TPSA) is 78.0 Å². The van der Waals surface area contributed by atoms with Gasteiger partial charge >= 0.3 is 5.91 Å². The minimum Gasteiger partial charge on any atom is -0.488 e. The van der Waals surface area contributed by atoms with Crippen molar-refractivity contribution in [3.63, 3.8) is 0 Å². The van der Waals surface area contributed by atoms with Crippen molar-refractivity contribution in [2.45, 2.75) is 27.1 Å². The molecule has 208 valence electrons. The fraction of sp³-hybridized carbons (Fsp3) is 0.125. The first kappa shape index (κ1) is 28.4. The molecule has 1 N–H and O–H groups in total. The summed E-state index contributed by atoms with van der Waals surface area (Å²) in [5.41, 5.74) is 7.76. The van der Waals surface area contributed by atoms with Crippen molar-refractivity contribution in [3.8, 4) is 17.2 Å². The number of aromatic nitrogens is 1. The Morgan fingerprint density at radius 2 is 1.61 bits per heavy atom. The summed E-state index contributed by atoms with van der Waals surface area (Å²) in [6, 6.07) is 28.9. The molecule has 0 spiro atoms. The van der Waals surface area contributed by atoms with Crippen LogP contribution < -0.4 is 14.9 Å². The zero-order valence-corrected chi connectivity index (χ0v) is 25.6. The Morgan fingerprint density at radius 1 is 0.878 bits per heavy atom. The number of furan rings is 1. The minimum atomic E-state index is -0.456. The standard InChI is InChI=1S/C32H27Br2N3O4/c1-21-3-4-22(2)37(21)26-10-12-27(13-11-26)39-20-28-14-16-31(41-28)32(38)36-35-18-24-7-15-30(29(34)17-24)40-19-23-5-8-25(33)9-6-23/h3-18H,19-20H2,1-2H3,(H,36,38)/b35-18+. The van der Waals surface area contributed by atoms with Crippen LogP contribution in [-0.4, -0.2) is 16.7 Å². The Labute approximate surface area is 255 Å². The highest BCUT2D eigenvalue weighted by atomic mass is 79.9. The number of halogens is 2. The van der Waals surface area contributed by atoms with Crippen molar-refractivity contribution in [1.29, 1.82) is 0 Å². The maximum Gasteiger partial charge on any atom is 0.307 e. The van der Waals surface area contributed by atoms with Crippen LogP contribution in [0.2, 0.25) is 0 Å². The molecule has 2 heterocycles. The van der Waals surface area contributed by atoms with E-state index in [0.717, 1.165) is 25.8 Å². The third-order valence-electron chi connectivity index (χ3n) is 6.28. The number of amides is 1. The van der Waals surface area contributed by atoms with Crippen LogP contribution in [-0.2, 0) is 13.2 Å². The zero-order chi connectivity index (χ0) is 28.8. The number of hydrazone groups is 1. The van der Waals surface area contributed by atoms with E-state index < -0.39 is 5.91 Å². The summed E-state index contributed by atoms with van der Waals surface area (Å²) in [4.78, 5) is 12.5. The first-order valence-electron chi connectivity index (χ1n) is 12.8. The molecule has 0 saturated heterocycles. The molecule has 0 saturated carbocycles. The number of benzene rings is 3. The summed E-state index contributed by atoms with van der Waals surface area (Å²) in [5, 5.41) is 4.05. The summed E-state index contributed by atoms with van der Waals surface area (Å²) in [6.07, 6.45) is 1.55. The Morgan fingerprint density at radius 3 is 2.32 bits per heavy atom. The van der Waals surface area contributed by atoms with Crippen LogP contribution in [0.25, 0.3) is 5.69 Å². The summed E-state index contributed by atoms with van der Waals surface area (Å²) < 4.78 is 21.4. The average Bonchev–Trinajstić information content (AvgIpc) is 3.58. The summed E-state index contributed by atoms with van der Waals surface area (Å²) >= 11 is 6.96. The molecule has 0 unspecified atom stereocenters. The normalized spacial score (nSPS) is 11.1. The lowest BCUT2D eigenvalue weighted by Gasteiger charge is -2.10. The summed E-state index contributed by atoms with van der Waals surface area (Å²) in [6.45, 7) is 4.80. The van der Waals surface area contributed by atoms with E-state index in [1.54, 1.807) is 18.3 Å². The number of rotatable bonds is 10. The maximum absolute atomic E-state index is 12.5. The van der Waals surface area contributed by atoms with E-state index in [-0.39, 0.29) is 12.4 Å². The highest BCUT2D eigenvalue weighted by Gasteiger charge is 2.11. The number of aryl methyl sites for hydroxylation is 2. The molecule has 5 aromatic rings. The summed E-state index contributed by atoms with van der Waals surface area (Å²) in [5.74, 6) is 1.64. The van der Waals surface area contributed by atoms with Gasteiger partial charge < -0.3 is 18.5 Å². The van der Waals surface area contributed by atoms with Gasteiger partial charge in [-0.25, -0.2) is 5.43 Å². The Kier molecular flexibility index (Phi) is 9.06. The molecule has 7 nitrogen and oxygen atoms in total.